The Labute approximate surface area is 129 Å². The van der Waals surface area contributed by atoms with Gasteiger partial charge in [0.1, 0.15) is 15.3 Å². The third-order valence-electron chi connectivity index (χ3n) is 3.95. The minimum absolute atomic E-state index is 0.00502. The molecule has 3 rings (SSSR count). The number of aliphatic hydroxyl groups is 1. The lowest BCUT2D eigenvalue weighted by molar-refractivity contribution is -0.146. The number of carbonyl (C=O) groups is 1. The van der Waals surface area contributed by atoms with E-state index in [1.54, 1.807) is 6.07 Å². The molecule has 0 atom stereocenters. The van der Waals surface area contributed by atoms with Gasteiger partial charge in [-0.25, -0.2) is 9.78 Å². The number of nitrogens with zero attached hydrogens (tertiary/aromatic N) is 1. The van der Waals surface area contributed by atoms with E-state index >= 15 is 0 Å². The highest BCUT2D eigenvalue weighted by atomic mass is 79.9. The predicted octanol–water partition coefficient (Wildman–Crippen LogP) is 3.94. The van der Waals surface area contributed by atoms with Crippen molar-refractivity contribution in [3.8, 4) is 0 Å². The van der Waals surface area contributed by atoms with Gasteiger partial charge in [0, 0.05) is 5.56 Å². The number of carbonyl (C=O) groups excluding carboxylic acids is 1. The minimum atomic E-state index is -0.837. The van der Waals surface area contributed by atoms with Crippen LogP contribution in [0.1, 0.15) is 36.8 Å². The molecule has 0 saturated heterocycles. The predicted molar refractivity (Wildman–Crippen MR) is 78.5 cm³/mol. The first-order chi connectivity index (χ1) is 9.44. The molecule has 0 amide bonds. The van der Waals surface area contributed by atoms with Crippen LogP contribution in [0.3, 0.4) is 0 Å². The molecule has 2 aliphatic rings. The zero-order chi connectivity index (χ0) is 14.5. The third-order valence-corrected chi connectivity index (χ3v) is 5.04. The molecule has 6 heteroatoms. The smallest absolute Gasteiger partial charge is 0.343 e. The first-order valence-corrected chi connectivity index (χ1v) is 7.62. The lowest BCUT2D eigenvalue weighted by Gasteiger charge is -2.21. The summed E-state index contributed by atoms with van der Waals surface area (Å²) in [7, 11) is 0. The average molecular weight is 359 g/mol. The van der Waals surface area contributed by atoms with E-state index in [1.165, 1.54) is 0 Å². The van der Waals surface area contributed by atoms with Crippen LogP contribution in [0, 0.1) is 6.92 Å². The Bertz CT molecular complexity index is 636. The SMILES string of the molecule is Cc1cc(C2=C(O)C3(CCCC3)OC2=O)c(Cl)nc1Br. The van der Waals surface area contributed by atoms with E-state index in [-0.39, 0.29) is 16.5 Å². The quantitative estimate of drug-likeness (QED) is 0.610. The Balaban J connectivity index is 2.16. The van der Waals surface area contributed by atoms with Gasteiger partial charge >= 0.3 is 5.97 Å². The van der Waals surface area contributed by atoms with Gasteiger partial charge in [-0.2, -0.15) is 0 Å². The number of halogens is 2. The largest absolute Gasteiger partial charge is 0.507 e. The zero-order valence-electron chi connectivity index (χ0n) is 10.9. The monoisotopic (exact) mass is 357 g/mol. The van der Waals surface area contributed by atoms with E-state index in [1.807, 2.05) is 6.92 Å². The van der Waals surface area contributed by atoms with E-state index in [4.69, 9.17) is 16.3 Å². The maximum absolute atomic E-state index is 12.2. The standard InChI is InChI=1S/C14H13BrClNO3/c1-7-6-8(12(16)17-11(7)15)9-10(18)14(20-13(9)19)4-2-3-5-14/h6,18H,2-5H2,1H3. The maximum Gasteiger partial charge on any atom is 0.343 e. The highest BCUT2D eigenvalue weighted by Crippen LogP contribution is 2.47. The van der Waals surface area contributed by atoms with E-state index in [0.717, 1.165) is 18.4 Å². The van der Waals surface area contributed by atoms with Crippen molar-refractivity contribution in [3.05, 3.63) is 32.7 Å². The Hall–Kier alpha value is -1.07. The van der Waals surface area contributed by atoms with Crippen LogP contribution in [0.5, 0.6) is 0 Å². The fraction of sp³-hybridized carbons (Fsp3) is 0.429. The highest BCUT2D eigenvalue weighted by Gasteiger charge is 2.50. The second-order valence-corrected chi connectivity index (χ2v) is 6.36. The second kappa shape index (κ2) is 4.74. The summed E-state index contributed by atoms with van der Waals surface area (Å²) in [5.41, 5.74) is 0.583. The van der Waals surface area contributed by atoms with E-state index in [9.17, 15) is 9.90 Å². The molecule has 0 unspecified atom stereocenters. The molecule has 1 aliphatic heterocycles. The number of esters is 1. The van der Waals surface area contributed by atoms with Gasteiger partial charge in [-0.3, -0.25) is 0 Å². The van der Waals surface area contributed by atoms with E-state index < -0.39 is 11.6 Å². The molecule has 20 heavy (non-hydrogen) atoms. The summed E-state index contributed by atoms with van der Waals surface area (Å²) in [4.78, 5) is 16.3. The van der Waals surface area contributed by atoms with Crippen molar-refractivity contribution < 1.29 is 14.6 Å². The van der Waals surface area contributed by atoms with Crippen molar-refractivity contribution in [1.82, 2.24) is 4.98 Å². The summed E-state index contributed by atoms with van der Waals surface area (Å²) in [5, 5.41) is 10.7. The van der Waals surface area contributed by atoms with Crippen molar-refractivity contribution in [1.29, 1.82) is 0 Å². The molecule has 1 fully saturated rings. The number of aromatic nitrogens is 1. The fourth-order valence-electron chi connectivity index (χ4n) is 2.87. The summed E-state index contributed by atoms with van der Waals surface area (Å²) in [6, 6.07) is 1.74. The van der Waals surface area contributed by atoms with Crippen molar-refractivity contribution >= 4 is 39.1 Å². The summed E-state index contributed by atoms with van der Waals surface area (Å²) >= 11 is 9.40. The molecule has 2 heterocycles. The van der Waals surface area contributed by atoms with Gasteiger partial charge in [0.05, 0.1) is 0 Å². The lowest BCUT2D eigenvalue weighted by Crippen LogP contribution is -2.27. The molecular weight excluding hydrogens is 346 g/mol. The minimum Gasteiger partial charge on any atom is -0.507 e. The highest BCUT2D eigenvalue weighted by molar-refractivity contribution is 9.10. The van der Waals surface area contributed by atoms with Gasteiger partial charge in [0.15, 0.2) is 11.4 Å². The Morgan fingerprint density at radius 1 is 1.45 bits per heavy atom. The molecule has 1 saturated carbocycles. The van der Waals surface area contributed by atoms with Gasteiger partial charge in [-0.1, -0.05) is 11.6 Å². The Morgan fingerprint density at radius 3 is 2.75 bits per heavy atom. The zero-order valence-corrected chi connectivity index (χ0v) is 13.2. The number of aliphatic hydroxyl groups excluding tert-OH is 1. The number of ether oxygens (including phenoxy) is 1. The number of hydrogen-bond donors (Lipinski definition) is 1. The molecular formula is C14H13BrClNO3. The first-order valence-electron chi connectivity index (χ1n) is 6.45. The molecule has 1 aromatic heterocycles. The molecule has 1 spiro atoms. The molecule has 106 valence electrons. The second-order valence-electron chi connectivity index (χ2n) is 5.25. The van der Waals surface area contributed by atoms with E-state index in [2.05, 4.69) is 20.9 Å². The van der Waals surface area contributed by atoms with Crippen LogP contribution in [0.2, 0.25) is 5.15 Å². The van der Waals surface area contributed by atoms with Crippen molar-refractivity contribution in [2.24, 2.45) is 0 Å². The van der Waals surface area contributed by atoms with Gasteiger partial charge in [0.2, 0.25) is 0 Å². The number of rotatable bonds is 1. The maximum atomic E-state index is 12.2. The fourth-order valence-corrected chi connectivity index (χ4v) is 3.50. The van der Waals surface area contributed by atoms with Gasteiger partial charge in [-0.15, -0.1) is 0 Å². The molecule has 1 aliphatic carbocycles. The summed E-state index contributed by atoms with van der Waals surface area (Å²) in [6.45, 7) is 1.85. The number of aryl methyl sites for hydroxylation is 1. The summed E-state index contributed by atoms with van der Waals surface area (Å²) in [6.07, 6.45) is 3.20. The van der Waals surface area contributed by atoms with Crippen LogP contribution < -0.4 is 0 Å². The van der Waals surface area contributed by atoms with Crippen LogP contribution in [0.25, 0.3) is 5.57 Å². The van der Waals surface area contributed by atoms with Crippen LogP contribution in [-0.4, -0.2) is 21.7 Å². The van der Waals surface area contributed by atoms with Crippen LogP contribution in [0.4, 0.5) is 0 Å². The number of pyridine rings is 1. The van der Waals surface area contributed by atoms with Crippen molar-refractivity contribution in [2.45, 2.75) is 38.2 Å². The average Bonchev–Trinajstić information content (AvgIpc) is 2.93. The summed E-state index contributed by atoms with van der Waals surface area (Å²) < 4.78 is 6.07. The van der Waals surface area contributed by atoms with Crippen LogP contribution >= 0.6 is 27.5 Å². The van der Waals surface area contributed by atoms with E-state index in [0.29, 0.717) is 23.0 Å². The van der Waals surface area contributed by atoms with Crippen LogP contribution in [0.15, 0.2) is 16.4 Å². The van der Waals surface area contributed by atoms with Gasteiger partial charge < -0.3 is 9.84 Å². The lowest BCUT2D eigenvalue weighted by atomic mass is 9.96. The van der Waals surface area contributed by atoms with Gasteiger partial charge in [-0.05, 0) is 60.2 Å². The Morgan fingerprint density at radius 2 is 2.10 bits per heavy atom. The first kappa shape index (κ1) is 13.9. The molecule has 0 radical (unpaired) electrons. The molecule has 1 aromatic rings. The summed E-state index contributed by atoms with van der Waals surface area (Å²) in [5.74, 6) is -0.514. The molecule has 4 nitrogen and oxygen atoms in total. The van der Waals surface area contributed by atoms with Crippen molar-refractivity contribution in [3.63, 3.8) is 0 Å². The van der Waals surface area contributed by atoms with Crippen LogP contribution in [-0.2, 0) is 9.53 Å². The Kier molecular flexibility index (Phi) is 3.29. The van der Waals surface area contributed by atoms with Gasteiger partial charge in [0.25, 0.3) is 0 Å². The molecule has 1 N–H and O–H groups in total. The molecule has 0 bridgehead atoms. The topological polar surface area (TPSA) is 59.4 Å². The van der Waals surface area contributed by atoms with Crippen molar-refractivity contribution in [2.75, 3.05) is 0 Å². The number of hydrogen-bond acceptors (Lipinski definition) is 4. The molecule has 0 aromatic carbocycles. The third kappa shape index (κ3) is 1.95. The normalized spacial score (nSPS) is 20.9.